The summed E-state index contributed by atoms with van der Waals surface area (Å²) in [5.74, 6) is -0.148. The number of anilines is 1. The Morgan fingerprint density at radius 2 is 2.43 bits per heavy atom. The van der Waals surface area contributed by atoms with E-state index in [1.54, 1.807) is 0 Å². The maximum atomic E-state index is 11.7. The molecule has 1 aliphatic rings. The van der Waals surface area contributed by atoms with Crippen molar-refractivity contribution in [2.24, 2.45) is 5.41 Å². The third-order valence-electron chi connectivity index (χ3n) is 2.49. The van der Waals surface area contributed by atoms with Gasteiger partial charge in [0.25, 0.3) is 0 Å². The van der Waals surface area contributed by atoms with Crippen LogP contribution in [0.5, 0.6) is 0 Å². The maximum absolute atomic E-state index is 11.7. The molecule has 3 nitrogen and oxygen atoms in total. The van der Waals surface area contributed by atoms with Crippen LogP contribution < -0.4 is 5.32 Å². The summed E-state index contributed by atoms with van der Waals surface area (Å²) in [5.41, 5.74) is 0.327. The van der Waals surface area contributed by atoms with Gasteiger partial charge in [0.1, 0.15) is 5.41 Å². The fourth-order valence-electron chi connectivity index (χ4n) is 1.24. The minimum Gasteiger partial charge on any atom is -0.316 e. The molecule has 0 aliphatic heterocycles. The first-order valence-corrected chi connectivity index (χ1v) is 5.33. The molecule has 1 N–H and O–H groups in total. The standard InChI is InChI=1S/C10H10N2OS/c1-7-2-5-14-8(7)12-9(13)10(6-11)3-4-10/h2,5H,3-4H2,1H3,(H,12,13). The number of nitriles is 1. The van der Waals surface area contributed by atoms with Crippen molar-refractivity contribution in [3.63, 3.8) is 0 Å². The Morgan fingerprint density at radius 3 is 2.86 bits per heavy atom. The second-order valence-electron chi connectivity index (χ2n) is 3.58. The van der Waals surface area contributed by atoms with E-state index < -0.39 is 5.41 Å². The molecule has 1 aliphatic carbocycles. The van der Waals surface area contributed by atoms with Crippen LogP contribution in [0.15, 0.2) is 11.4 Å². The molecule has 0 unspecified atom stereocenters. The summed E-state index contributed by atoms with van der Waals surface area (Å²) in [7, 11) is 0. The fourth-order valence-corrected chi connectivity index (χ4v) is 2.05. The van der Waals surface area contributed by atoms with Gasteiger partial charge in [0.2, 0.25) is 5.91 Å². The zero-order valence-electron chi connectivity index (χ0n) is 7.83. The number of amides is 1. The summed E-state index contributed by atoms with van der Waals surface area (Å²) in [6.07, 6.45) is 1.39. The average molecular weight is 206 g/mol. The van der Waals surface area contributed by atoms with E-state index in [2.05, 4.69) is 11.4 Å². The van der Waals surface area contributed by atoms with E-state index in [4.69, 9.17) is 5.26 Å². The molecule has 1 heterocycles. The average Bonchev–Trinajstić information content (AvgIpc) is 2.89. The lowest BCUT2D eigenvalue weighted by molar-refractivity contribution is -0.119. The van der Waals surface area contributed by atoms with Crippen LogP contribution >= 0.6 is 11.3 Å². The molecular weight excluding hydrogens is 196 g/mol. The Labute approximate surface area is 86.4 Å². The molecule has 1 fully saturated rings. The van der Waals surface area contributed by atoms with Crippen molar-refractivity contribution in [2.45, 2.75) is 19.8 Å². The van der Waals surface area contributed by atoms with Crippen molar-refractivity contribution >= 4 is 22.2 Å². The van der Waals surface area contributed by atoms with Crippen molar-refractivity contribution in [3.8, 4) is 6.07 Å². The molecule has 0 spiro atoms. The molecule has 1 amide bonds. The summed E-state index contributed by atoms with van der Waals surface area (Å²) in [5, 5.41) is 14.4. The Kier molecular flexibility index (Phi) is 2.05. The summed E-state index contributed by atoms with van der Waals surface area (Å²) < 4.78 is 0. The Bertz CT molecular complexity index is 412. The molecule has 1 aromatic heterocycles. The van der Waals surface area contributed by atoms with Gasteiger partial charge in [-0.2, -0.15) is 5.26 Å². The van der Waals surface area contributed by atoms with Crippen LogP contribution in [0.25, 0.3) is 0 Å². The van der Waals surface area contributed by atoms with Crippen molar-refractivity contribution in [2.75, 3.05) is 5.32 Å². The van der Waals surface area contributed by atoms with Crippen LogP contribution in [0.3, 0.4) is 0 Å². The normalized spacial score (nSPS) is 17.1. The number of hydrogen-bond acceptors (Lipinski definition) is 3. The number of carbonyl (C=O) groups excluding carboxylic acids is 1. The molecule has 2 rings (SSSR count). The first-order valence-electron chi connectivity index (χ1n) is 4.45. The predicted octanol–water partition coefficient (Wildman–Crippen LogP) is 2.30. The minimum absolute atomic E-state index is 0.148. The number of rotatable bonds is 2. The van der Waals surface area contributed by atoms with Crippen molar-refractivity contribution in [1.82, 2.24) is 0 Å². The van der Waals surface area contributed by atoms with Gasteiger partial charge in [-0.05, 0) is 36.8 Å². The van der Waals surface area contributed by atoms with Gasteiger partial charge in [-0.15, -0.1) is 11.3 Å². The van der Waals surface area contributed by atoms with Gasteiger partial charge in [-0.1, -0.05) is 0 Å². The summed E-state index contributed by atoms with van der Waals surface area (Å²) in [6.45, 7) is 1.94. The smallest absolute Gasteiger partial charge is 0.245 e. The molecule has 1 saturated carbocycles. The van der Waals surface area contributed by atoms with Gasteiger partial charge in [0.15, 0.2) is 0 Å². The highest BCUT2D eigenvalue weighted by Crippen LogP contribution is 2.46. The van der Waals surface area contributed by atoms with E-state index in [1.165, 1.54) is 11.3 Å². The number of nitrogens with one attached hydrogen (secondary N) is 1. The zero-order chi connectivity index (χ0) is 10.2. The Balaban J connectivity index is 2.10. The monoisotopic (exact) mass is 206 g/mol. The number of nitrogens with zero attached hydrogens (tertiary/aromatic N) is 1. The highest BCUT2D eigenvalue weighted by Gasteiger charge is 2.50. The fraction of sp³-hybridized carbons (Fsp3) is 0.400. The highest BCUT2D eigenvalue weighted by molar-refractivity contribution is 7.14. The first-order chi connectivity index (χ1) is 6.68. The topological polar surface area (TPSA) is 52.9 Å². The van der Waals surface area contributed by atoms with Gasteiger partial charge in [0, 0.05) is 0 Å². The number of hydrogen-bond donors (Lipinski definition) is 1. The molecule has 14 heavy (non-hydrogen) atoms. The minimum atomic E-state index is -0.726. The van der Waals surface area contributed by atoms with Crippen molar-refractivity contribution in [3.05, 3.63) is 17.0 Å². The second-order valence-corrected chi connectivity index (χ2v) is 4.50. The van der Waals surface area contributed by atoms with Gasteiger partial charge >= 0.3 is 0 Å². The van der Waals surface area contributed by atoms with Crippen LogP contribution in [-0.2, 0) is 4.79 Å². The summed E-state index contributed by atoms with van der Waals surface area (Å²) in [6, 6.07) is 4.03. The summed E-state index contributed by atoms with van der Waals surface area (Å²) in [4.78, 5) is 11.7. The molecule has 0 aromatic carbocycles. The summed E-state index contributed by atoms with van der Waals surface area (Å²) >= 11 is 1.49. The second kappa shape index (κ2) is 3.10. The van der Waals surface area contributed by atoms with E-state index >= 15 is 0 Å². The quantitative estimate of drug-likeness (QED) is 0.807. The molecule has 72 valence electrons. The highest BCUT2D eigenvalue weighted by atomic mass is 32.1. The SMILES string of the molecule is Cc1ccsc1NC(=O)C1(C#N)CC1. The molecular formula is C10H10N2OS. The third kappa shape index (κ3) is 1.40. The molecule has 0 atom stereocenters. The van der Waals surface area contributed by atoms with Crippen LogP contribution in [0.1, 0.15) is 18.4 Å². The molecule has 0 saturated heterocycles. The van der Waals surface area contributed by atoms with Gasteiger partial charge < -0.3 is 5.32 Å². The molecule has 1 aromatic rings. The van der Waals surface area contributed by atoms with Gasteiger partial charge in [-0.3, -0.25) is 4.79 Å². The Morgan fingerprint density at radius 1 is 1.71 bits per heavy atom. The predicted molar refractivity (Wildman–Crippen MR) is 55.0 cm³/mol. The first kappa shape index (κ1) is 9.22. The molecule has 4 heteroatoms. The van der Waals surface area contributed by atoms with E-state index in [0.29, 0.717) is 12.8 Å². The van der Waals surface area contributed by atoms with Gasteiger partial charge in [-0.25, -0.2) is 0 Å². The maximum Gasteiger partial charge on any atom is 0.245 e. The van der Waals surface area contributed by atoms with E-state index in [9.17, 15) is 4.79 Å². The van der Waals surface area contributed by atoms with Gasteiger partial charge in [0.05, 0.1) is 11.1 Å². The third-order valence-corrected chi connectivity index (χ3v) is 3.42. The molecule has 0 radical (unpaired) electrons. The van der Waals surface area contributed by atoms with Crippen LogP contribution in [0.4, 0.5) is 5.00 Å². The number of carbonyl (C=O) groups is 1. The number of thiophene rings is 1. The lowest BCUT2D eigenvalue weighted by Crippen LogP contribution is -2.22. The van der Waals surface area contributed by atoms with E-state index in [1.807, 2.05) is 18.4 Å². The lowest BCUT2D eigenvalue weighted by atomic mass is 10.1. The zero-order valence-corrected chi connectivity index (χ0v) is 8.65. The van der Waals surface area contributed by atoms with Crippen LogP contribution in [0, 0.1) is 23.7 Å². The van der Waals surface area contributed by atoms with Crippen LogP contribution in [0.2, 0.25) is 0 Å². The van der Waals surface area contributed by atoms with Crippen molar-refractivity contribution in [1.29, 1.82) is 5.26 Å². The largest absolute Gasteiger partial charge is 0.316 e. The molecule has 0 bridgehead atoms. The van der Waals surface area contributed by atoms with Crippen LogP contribution in [-0.4, -0.2) is 5.91 Å². The van der Waals surface area contributed by atoms with E-state index in [0.717, 1.165) is 10.6 Å². The van der Waals surface area contributed by atoms with Crippen molar-refractivity contribution < 1.29 is 4.79 Å². The lowest BCUT2D eigenvalue weighted by Gasteiger charge is -2.06. The number of aryl methyl sites for hydroxylation is 1. The Hall–Kier alpha value is -1.34. The van der Waals surface area contributed by atoms with E-state index in [-0.39, 0.29) is 5.91 Å².